The summed E-state index contributed by atoms with van der Waals surface area (Å²) in [6, 6.07) is 26.5. The van der Waals surface area contributed by atoms with Crippen LogP contribution in [0.2, 0.25) is 0 Å². The molecule has 0 N–H and O–H groups in total. The number of aromatic nitrogens is 4. The van der Waals surface area contributed by atoms with E-state index in [9.17, 15) is 9.59 Å². The van der Waals surface area contributed by atoms with E-state index in [4.69, 9.17) is 9.84 Å². The fourth-order valence-electron chi connectivity index (χ4n) is 3.63. The van der Waals surface area contributed by atoms with Gasteiger partial charge in [0.25, 0.3) is 5.56 Å². The summed E-state index contributed by atoms with van der Waals surface area (Å²) >= 11 is 0. The molecule has 7 nitrogen and oxygen atoms in total. The molecule has 3 aromatic carbocycles. The van der Waals surface area contributed by atoms with Gasteiger partial charge in [0.1, 0.15) is 13.2 Å². The number of carbonyl (C=O) groups is 1. The van der Waals surface area contributed by atoms with E-state index in [0.29, 0.717) is 10.9 Å². The summed E-state index contributed by atoms with van der Waals surface area (Å²) in [6.45, 7) is -0.185. The lowest BCUT2D eigenvalue weighted by Gasteiger charge is -2.08. The number of para-hydroxylation sites is 2. The highest BCUT2D eigenvalue weighted by Gasteiger charge is 2.15. The van der Waals surface area contributed by atoms with Gasteiger partial charge in [0.2, 0.25) is 0 Å². The zero-order valence-corrected chi connectivity index (χ0v) is 17.7. The molecular formula is C26H20N4O3. The lowest BCUT2D eigenvalue weighted by atomic mass is 10.1. The minimum Gasteiger partial charge on any atom is -0.459 e. The third kappa shape index (κ3) is 4.29. The molecule has 7 heteroatoms. The third-order valence-corrected chi connectivity index (χ3v) is 5.28. The lowest BCUT2D eigenvalue weighted by molar-refractivity contribution is -0.145. The van der Waals surface area contributed by atoms with E-state index in [0.717, 1.165) is 22.5 Å². The fourth-order valence-corrected chi connectivity index (χ4v) is 3.63. The Balaban J connectivity index is 1.38. The van der Waals surface area contributed by atoms with Crippen molar-refractivity contribution in [2.45, 2.75) is 13.2 Å². The van der Waals surface area contributed by atoms with Gasteiger partial charge in [0.05, 0.1) is 28.6 Å². The van der Waals surface area contributed by atoms with Crippen molar-refractivity contribution in [1.29, 1.82) is 0 Å². The molecule has 0 aliphatic rings. The maximum Gasteiger partial charge on any atom is 0.326 e. The van der Waals surface area contributed by atoms with Crippen LogP contribution in [0.25, 0.3) is 27.8 Å². The van der Waals surface area contributed by atoms with Crippen molar-refractivity contribution in [3.05, 3.63) is 113 Å². The smallest absolute Gasteiger partial charge is 0.326 e. The summed E-state index contributed by atoms with van der Waals surface area (Å²) in [5.41, 5.74) is 3.64. The second-order valence-electron chi connectivity index (χ2n) is 7.50. The van der Waals surface area contributed by atoms with Crippen molar-refractivity contribution in [3.8, 4) is 16.9 Å². The van der Waals surface area contributed by atoms with Crippen molar-refractivity contribution in [1.82, 2.24) is 19.3 Å². The van der Waals surface area contributed by atoms with E-state index in [-0.39, 0.29) is 18.7 Å². The molecule has 0 fully saturated rings. The Morgan fingerprint density at radius 1 is 0.879 bits per heavy atom. The van der Waals surface area contributed by atoms with Gasteiger partial charge in [0, 0.05) is 17.3 Å². The predicted molar refractivity (Wildman–Crippen MR) is 125 cm³/mol. The molecule has 0 bridgehead atoms. The van der Waals surface area contributed by atoms with Crippen LogP contribution < -0.4 is 5.56 Å². The van der Waals surface area contributed by atoms with Crippen molar-refractivity contribution in [2.24, 2.45) is 0 Å². The molecule has 0 aliphatic carbocycles. The Morgan fingerprint density at radius 3 is 2.36 bits per heavy atom. The van der Waals surface area contributed by atoms with Crippen LogP contribution in [-0.4, -0.2) is 25.3 Å². The van der Waals surface area contributed by atoms with Crippen LogP contribution >= 0.6 is 0 Å². The monoisotopic (exact) mass is 436 g/mol. The number of ether oxygens (including phenoxy) is 1. The second-order valence-corrected chi connectivity index (χ2v) is 7.50. The minimum atomic E-state index is -0.527. The molecule has 0 amide bonds. The maximum absolute atomic E-state index is 12.6. The van der Waals surface area contributed by atoms with Gasteiger partial charge in [-0.3, -0.25) is 14.2 Å². The van der Waals surface area contributed by atoms with Gasteiger partial charge >= 0.3 is 5.97 Å². The molecule has 0 spiro atoms. The average molecular weight is 436 g/mol. The first-order valence-electron chi connectivity index (χ1n) is 10.5. The highest BCUT2D eigenvalue weighted by atomic mass is 16.5. The Kier molecular flexibility index (Phi) is 5.51. The molecule has 2 heterocycles. The van der Waals surface area contributed by atoms with Crippen molar-refractivity contribution in [2.75, 3.05) is 0 Å². The molecule has 162 valence electrons. The Labute approximate surface area is 189 Å². The van der Waals surface area contributed by atoms with Gasteiger partial charge in [-0.1, -0.05) is 60.7 Å². The molecule has 33 heavy (non-hydrogen) atoms. The molecule has 5 aromatic rings. The van der Waals surface area contributed by atoms with Crippen molar-refractivity contribution in [3.63, 3.8) is 0 Å². The molecular weight excluding hydrogens is 416 g/mol. The fraction of sp³-hybridized carbons (Fsp3) is 0.0769. The topological polar surface area (TPSA) is 79.0 Å². The van der Waals surface area contributed by atoms with Crippen molar-refractivity contribution < 1.29 is 9.53 Å². The third-order valence-electron chi connectivity index (χ3n) is 5.28. The van der Waals surface area contributed by atoms with E-state index in [1.807, 2.05) is 72.9 Å². The summed E-state index contributed by atoms with van der Waals surface area (Å²) in [7, 11) is 0. The number of hydrogen-bond acceptors (Lipinski definition) is 5. The summed E-state index contributed by atoms with van der Waals surface area (Å²) in [4.78, 5) is 29.4. The number of fused-ring (bicyclic) bond motifs is 1. The Hall–Kier alpha value is -4.52. The molecule has 0 radical (unpaired) electrons. The first kappa shape index (κ1) is 20.4. The molecule has 0 saturated carbocycles. The first-order chi connectivity index (χ1) is 16.2. The van der Waals surface area contributed by atoms with Crippen LogP contribution in [-0.2, 0) is 22.7 Å². The first-order valence-corrected chi connectivity index (χ1v) is 10.5. The largest absolute Gasteiger partial charge is 0.459 e. The molecule has 0 unspecified atom stereocenters. The lowest BCUT2D eigenvalue weighted by Crippen LogP contribution is -2.25. The number of hydrogen-bond donors (Lipinski definition) is 0. The van der Waals surface area contributed by atoms with Crippen LogP contribution in [0, 0.1) is 0 Å². The molecule has 5 rings (SSSR count). The minimum absolute atomic E-state index is 0.0334. The number of rotatable bonds is 6. The van der Waals surface area contributed by atoms with E-state index in [2.05, 4.69) is 4.98 Å². The molecule has 0 atom stereocenters. The maximum atomic E-state index is 12.6. The molecule has 2 aromatic heterocycles. The SMILES string of the molecule is O=C(Cn1cnc2ccccc2c1=O)OCc1cn(-c2ccccc2)nc1-c1ccccc1. The van der Waals surface area contributed by atoms with E-state index in [1.165, 1.54) is 10.9 Å². The predicted octanol–water partition coefficient (Wildman–Crippen LogP) is 3.99. The summed E-state index contributed by atoms with van der Waals surface area (Å²) in [5.74, 6) is -0.527. The van der Waals surface area contributed by atoms with Crippen LogP contribution in [0.5, 0.6) is 0 Å². The van der Waals surface area contributed by atoms with Gasteiger partial charge in [-0.05, 0) is 24.3 Å². The summed E-state index contributed by atoms with van der Waals surface area (Å²) in [6.07, 6.45) is 3.23. The van der Waals surface area contributed by atoms with Crippen molar-refractivity contribution >= 4 is 16.9 Å². The van der Waals surface area contributed by atoms with Gasteiger partial charge < -0.3 is 4.74 Å². The summed E-state index contributed by atoms with van der Waals surface area (Å²) < 4.78 is 8.56. The number of nitrogens with zero attached hydrogens (tertiary/aromatic N) is 4. The van der Waals surface area contributed by atoms with Crippen LogP contribution in [0.3, 0.4) is 0 Å². The van der Waals surface area contributed by atoms with Crippen LogP contribution in [0.4, 0.5) is 0 Å². The Morgan fingerprint density at radius 2 is 1.58 bits per heavy atom. The normalized spacial score (nSPS) is 10.9. The van der Waals surface area contributed by atoms with E-state index >= 15 is 0 Å². The number of benzene rings is 3. The van der Waals surface area contributed by atoms with E-state index < -0.39 is 5.97 Å². The van der Waals surface area contributed by atoms with Gasteiger partial charge in [-0.15, -0.1) is 0 Å². The zero-order valence-electron chi connectivity index (χ0n) is 17.7. The quantitative estimate of drug-likeness (QED) is 0.376. The van der Waals surface area contributed by atoms with Crippen LogP contribution in [0.1, 0.15) is 5.56 Å². The number of carbonyl (C=O) groups excluding carboxylic acids is 1. The highest BCUT2D eigenvalue weighted by Crippen LogP contribution is 2.24. The number of esters is 1. The standard InChI is InChI=1S/C26H20N4O3/c31-24(16-29-18-27-23-14-8-7-13-22(23)26(29)32)33-17-20-15-30(21-11-5-2-6-12-21)28-25(20)19-9-3-1-4-10-19/h1-15,18H,16-17H2. The van der Waals surface area contributed by atoms with E-state index in [1.54, 1.807) is 22.9 Å². The zero-order chi connectivity index (χ0) is 22.6. The van der Waals surface area contributed by atoms with Gasteiger partial charge in [0.15, 0.2) is 0 Å². The average Bonchev–Trinajstić information content (AvgIpc) is 3.30. The van der Waals surface area contributed by atoms with Gasteiger partial charge in [-0.25, -0.2) is 9.67 Å². The highest BCUT2D eigenvalue weighted by molar-refractivity contribution is 5.77. The second kappa shape index (κ2) is 8.92. The summed E-state index contributed by atoms with van der Waals surface area (Å²) in [5, 5.41) is 5.18. The molecule has 0 aliphatic heterocycles. The van der Waals surface area contributed by atoms with Gasteiger partial charge in [-0.2, -0.15) is 5.10 Å². The molecule has 0 saturated heterocycles. The van der Waals surface area contributed by atoms with Crippen LogP contribution in [0.15, 0.2) is 102 Å². The Bertz CT molecular complexity index is 1470.